The lowest BCUT2D eigenvalue weighted by atomic mass is 9.95. The highest BCUT2D eigenvalue weighted by molar-refractivity contribution is 5.53. The average molecular weight is 216 g/mol. The summed E-state index contributed by atoms with van der Waals surface area (Å²) in [5.41, 5.74) is 0. The molecule has 0 radical (unpaired) electrons. The van der Waals surface area contributed by atoms with Gasteiger partial charge in [0.2, 0.25) is 0 Å². The first kappa shape index (κ1) is 14.6. The van der Waals surface area contributed by atoms with Crippen LogP contribution in [0, 0.1) is 11.8 Å². The number of methoxy groups -OCH3 is 1. The van der Waals surface area contributed by atoms with Gasteiger partial charge in [-0.3, -0.25) is 0 Å². The van der Waals surface area contributed by atoms with E-state index in [2.05, 4.69) is 13.8 Å². The quantitative estimate of drug-likeness (QED) is 0.438. The molecular weight excluding hydrogens is 192 g/mol. The summed E-state index contributed by atoms with van der Waals surface area (Å²) in [4.78, 5) is 10.7. The Hall–Kier alpha value is -0.410. The van der Waals surface area contributed by atoms with Crippen LogP contribution in [0.2, 0.25) is 0 Å². The van der Waals surface area contributed by atoms with Crippen molar-refractivity contribution >= 4 is 6.29 Å². The maximum atomic E-state index is 10.7. The second-order valence-corrected chi connectivity index (χ2v) is 4.10. The van der Waals surface area contributed by atoms with Gasteiger partial charge in [-0.15, -0.1) is 0 Å². The largest absolute Gasteiger partial charge is 0.381 e. The molecule has 0 N–H and O–H groups in total. The fourth-order valence-electron chi connectivity index (χ4n) is 1.65. The summed E-state index contributed by atoms with van der Waals surface area (Å²) in [7, 11) is 1.65. The molecule has 0 heterocycles. The van der Waals surface area contributed by atoms with E-state index in [0.717, 1.165) is 25.7 Å². The third-order valence-electron chi connectivity index (χ3n) is 2.59. The highest BCUT2D eigenvalue weighted by Gasteiger charge is 2.22. The molecule has 15 heavy (non-hydrogen) atoms. The number of aldehydes is 1. The van der Waals surface area contributed by atoms with Gasteiger partial charge in [0, 0.05) is 25.6 Å². The summed E-state index contributed by atoms with van der Waals surface area (Å²) < 4.78 is 10.8. The second kappa shape index (κ2) is 8.86. The first-order valence-corrected chi connectivity index (χ1v) is 5.73. The molecule has 0 aliphatic rings. The van der Waals surface area contributed by atoms with Gasteiger partial charge in [0.05, 0.1) is 12.7 Å². The Morgan fingerprint density at radius 2 is 2.00 bits per heavy atom. The van der Waals surface area contributed by atoms with E-state index < -0.39 is 0 Å². The lowest BCUT2D eigenvalue weighted by molar-refractivity contribution is -0.116. The molecule has 3 nitrogen and oxygen atoms in total. The van der Waals surface area contributed by atoms with E-state index >= 15 is 0 Å². The minimum Gasteiger partial charge on any atom is -0.381 e. The molecule has 0 rings (SSSR count). The third kappa shape index (κ3) is 5.90. The molecular formula is C12H24O3. The Kier molecular flexibility index (Phi) is 8.62. The highest BCUT2D eigenvalue weighted by atomic mass is 16.5. The van der Waals surface area contributed by atoms with Crippen molar-refractivity contribution in [3.8, 4) is 0 Å². The molecule has 90 valence electrons. The summed E-state index contributed by atoms with van der Waals surface area (Å²) in [6, 6.07) is 0. The van der Waals surface area contributed by atoms with Crippen molar-refractivity contribution in [1.29, 1.82) is 0 Å². The van der Waals surface area contributed by atoms with E-state index in [1.54, 1.807) is 7.11 Å². The number of hydrogen-bond donors (Lipinski definition) is 0. The van der Waals surface area contributed by atoms with Crippen LogP contribution in [0.5, 0.6) is 0 Å². The molecule has 0 spiro atoms. The number of hydrogen-bond acceptors (Lipinski definition) is 3. The molecule has 0 saturated carbocycles. The molecule has 0 amide bonds. The van der Waals surface area contributed by atoms with E-state index in [4.69, 9.17) is 9.47 Å². The first-order chi connectivity index (χ1) is 7.17. The third-order valence-corrected chi connectivity index (χ3v) is 2.59. The zero-order valence-corrected chi connectivity index (χ0v) is 10.4. The van der Waals surface area contributed by atoms with Crippen LogP contribution < -0.4 is 0 Å². The van der Waals surface area contributed by atoms with E-state index in [0.29, 0.717) is 6.61 Å². The first-order valence-electron chi connectivity index (χ1n) is 5.73. The number of unbranched alkanes of at least 4 members (excludes halogenated alkanes) is 1. The van der Waals surface area contributed by atoms with Gasteiger partial charge >= 0.3 is 0 Å². The predicted octanol–water partition coefficient (Wildman–Crippen LogP) is 2.29. The summed E-state index contributed by atoms with van der Waals surface area (Å²) in [6.45, 7) is 7.53. The lowest BCUT2D eigenvalue weighted by Gasteiger charge is -2.25. The zero-order valence-electron chi connectivity index (χ0n) is 10.4. The number of carbonyl (C=O) groups is 1. The van der Waals surface area contributed by atoms with Crippen molar-refractivity contribution in [2.24, 2.45) is 11.8 Å². The van der Waals surface area contributed by atoms with Crippen LogP contribution in [0.3, 0.4) is 0 Å². The topological polar surface area (TPSA) is 35.5 Å². The maximum absolute atomic E-state index is 10.7. The van der Waals surface area contributed by atoms with E-state index in [1.165, 1.54) is 0 Å². The molecule has 0 aromatic heterocycles. The van der Waals surface area contributed by atoms with Gasteiger partial charge in [0.15, 0.2) is 0 Å². The Morgan fingerprint density at radius 3 is 2.47 bits per heavy atom. The summed E-state index contributed by atoms with van der Waals surface area (Å²) in [5, 5.41) is 0. The summed E-state index contributed by atoms with van der Waals surface area (Å²) >= 11 is 0. The monoisotopic (exact) mass is 216 g/mol. The number of carbonyl (C=O) groups excluding carboxylic acids is 1. The molecule has 0 saturated heterocycles. The molecule has 3 heteroatoms. The minimum absolute atomic E-state index is 0.0378. The van der Waals surface area contributed by atoms with Gasteiger partial charge in [-0.25, -0.2) is 0 Å². The molecule has 0 aromatic rings. The van der Waals surface area contributed by atoms with Crippen LogP contribution in [0.4, 0.5) is 0 Å². The van der Waals surface area contributed by atoms with E-state index in [1.807, 2.05) is 6.92 Å². The standard InChI is InChI=1S/C12H24O3/c1-5-6-7-15-9-11(3)12(14-4)10(2)8-13/h8,10-12H,5-7,9H2,1-4H3/t10-,11+,12-/m0/s1. The van der Waals surface area contributed by atoms with Crippen molar-refractivity contribution in [2.45, 2.75) is 39.7 Å². The van der Waals surface area contributed by atoms with E-state index in [9.17, 15) is 4.79 Å². The second-order valence-electron chi connectivity index (χ2n) is 4.10. The Labute approximate surface area is 93.1 Å². The lowest BCUT2D eigenvalue weighted by Crippen LogP contribution is -2.31. The van der Waals surface area contributed by atoms with Gasteiger partial charge in [0.25, 0.3) is 0 Å². The van der Waals surface area contributed by atoms with Gasteiger partial charge < -0.3 is 14.3 Å². The van der Waals surface area contributed by atoms with E-state index in [-0.39, 0.29) is 17.9 Å². The van der Waals surface area contributed by atoms with Gasteiger partial charge in [0.1, 0.15) is 6.29 Å². The molecule has 0 bridgehead atoms. The smallest absolute Gasteiger partial charge is 0.125 e. The van der Waals surface area contributed by atoms with Crippen molar-refractivity contribution in [3.63, 3.8) is 0 Å². The van der Waals surface area contributed by atoms with Crippen molar-refractivity contribution in [2.75, 3.05) is 20.3 Å². The van der Waals surface area contributed by atoms with Crippen molar-refractivity contribution < 1.29 is 14.3 Å². The SMILES string of the molecule is CCCCOC[C@@H](C)[C@@H](OC)[C@@H](C)C=O. The summed E-state index contributed by atoms with van der Waals surface area (Å²) in [5.74, 6) is 0.187. The molecule has 0 aromatic carbocycles. The molecule has 0 aliphatic carbocycles. The Morgan fingerprint density at radius 1 is 1.33 bits per heavy atom. The molecule has 0 unspecified atom stereocenters. The Balaban J connectivity index is 3.82. The van der Waals surface area contributed by atoms with Crippen LogP contribution in [0.25, 0.3) is 0 Å². The fourth-order valence-corrected chi connectivity index (χ4v) is 1.65. The maximum Gasteiger partial charge on any atom is 0.125 e. The minimum atomic E-state index is -0.0697. The Bertz CT molecular complexity index is 159. The number of rotatable bonds is 9. The molecule has 0 fully saturated rings. The van der Waals surface area contributed by atoms with Crippen LogP contribution in [-0.2, 0) is 14.3 Å². The molecule has 3 atom stereocenters. The van der Waals surface area contributed by atoms with Crippen molar-refractivity contribution in [3.05, 3.63) is 0 Å². The van der Waals surface area contributed by atoms with Gasteiger partial charge in [-0.1, -0.05) is 27.2 Å². The average Bonchev–Trinajstić information content (AvgIpc) is 2.25. The fraction of sp³-hybridized carbons (Fsp3) is 0.917. The predicted molar refractivity (Wildman–Crippen MR) is 60.9 cm³/mol. The highest BCUT2D eigenvalue weighted by Crippen LogP contribution is 2.15. The van der Waals surface area contributed by atoms with Crippen LogP contribution >= 0.6 is 0 Å². The van der Waals surface area contributed by atoms with Gasteiger partial charge in [-0.05, 0) is 6.42 Å². The zero-order chi connectivity index (χ0) is 11.7. The van der Waals surface area contributed by atoms with Crippen LogP contribution in [0.15, 0.2) is 0 Å². The van der Waals surface area contributed by atoms with Gasteiger partial charge in [-0.2, -0.15) is 0 Å². The van der Waals surface area contributed by atoms with Crippen LogP contribution in [0.1, 0.15) is 33.6 Å². The normalized spacial score (nSPS) is 17.1. The van der Waals surface area contributed by atoms with Crippen LogP contribution in [-0.4, -0.2) is 32.7 Å². The number of ether oxygens (including phenoxy) is 2. The van der Waals surface area contributed by atoms with Crippen molar-refractivity contribution in [1.82, 2.24) is 0 Å². The summed E-state index contributed by atoms with van der Waals surface area (Å²) in [6.07, 6.45) is 3.14. The molecule has 0 aliphatic heterocycles.